The first-order chi connectivity index (χ1) is 17.7. The molecule has 3 heterocycles. The highest BCUT2D eigenvalue weighted by molar-refractivity contribution is 8.00. The number of esters is 1. The third kappa shape index (κ3) is 5.45. The van der Waals surface area contributed by atoms with Gasteiger partial charge in [0.25, 0.3) is 5.91 Å². The third-order valence-electron chi connectivity index (χ3n) is 5.76. The van der Waals surface area contributed by atoms with E-state index in [0.29, 0.717) is 12.1 Å². The van der Waals surface area contributed by atoms with Crippen LogP contribution >= 0.6 is 11.8 Å². The number of carboxylic acid groups (broad SMARTS) is 1. The maximum Gasteiger partial charge on any atom is 0.352 e. The molecule has 0 aliphatic carbocycles. The number of hydrogen-bond donors (Lipinski definition) is 5. The maximum absolute atomic E-state index is 13.2. The van der Waals surface area contributed by atoms with E-state index in [9.17, 15) is 33.9 Å². The van der Waals surface area contributed by atoms with Crippen molar-refractivity contribution in [1.29, 1.82) is 0 Å². The van der Waals surface area contributed by atoms with Crippen LogP contribution < -0.4 is 21.4 Å². The molecule has 6 amide bonds. The molecule has 2 fully saturated rings. The second-order valence-electron chi connectivity index (χ2n) is 8.25. The highest BCUT2D eigenvalue weighted by atomic mass is 32.2. The van der Waals surface area contributed by atoms with Gasteiger partial charge in [-0.2, -0.15) is 0 Å². The summed E-state index contributed by atoms with van der Waals surface area (Å²) in [6.45, 7) is 1.54. The summed E-state index contributed by atoms with van der Waals surface area (Å²) in [5.41, 5.74) is 2.79. The summed E-state index contributed by atoms with van der Waals surface area (Å²) in [4.78, 5) is 74.5. The molecule has 0 bridgehead atoms. The highest BCUT2D eigenvalue weighted by Gasteiger charge is 2.54. The monoisotopic (exact) mass is 532 g/mol. The highest BCUT2D eigenvalue weighted by Crippen LogP contribution is 2.40. The van der Waals surface area contributed by atoms with E-state index in [1.165, 1.54) is 18.7 Å². The number of carboxylic acids is 1. The topological polar surface area (TPSA) is 186 Å². The first-order valence-corrected chi connectivity index (χ1v) is 12.2. The molecule has 4 rings (SSSR count). The van der Waals surface area contributed by atoms with Crippen LogP contribution in [0.4, 0.5) is 9.59 Å². The van der Waals surface area contributed by atoms with Crippen LogP contribution in [0.25, 0.3) is 0 Å². The fraction of sp³-hybridized carbons (Fsp3) is 0.364. The van der Waals surface area contributed by atoms with Crippen LogP contribution in [0.3, 0.4) is 0 Å². The zero-order valence-corrected chi connectivity index (χ0v) is 20.4. The number of aliphatic carboxylic acids is 1. The van der Waals surface area contributed by atoms with Gasteiger partial charge in [-0.05, 0) is 5.56 Å². The van der Waals surface area contributed by atoms with Crippen LogP contribution in [0.2, 0.25) is 0 Å². The van der Waals surface area contributed by atoms with Gasteiger partial charge in [-0.25, -0.2) is 24.8 Å². The van der Waals surface area contributed by atoms with E-state index in [-0.39, 0.29) is 30.2 Å². The zero-order chi connectivity index (χ0) is 26.7. The van der Waals surface area contributed by atoms with Crippen molar-refractivity contribution in [3.63, 3.8) is 0 Å². The molecule has 3 atom stereocenters. The van der Waals surface area contributed by atoms with Crippen LogP contribution in [0.15, 0.2) is 41.6 Å². The number of β-lactam (4-membered cyclic amide) rings is 1. The van der Waals surface area contributed by atoms with E-state index in [4.69, 9.17) is 4.74 Å². The minimum absolute atomic E-state index is 0.177. The fourth-order valence-electron chi connectivity index (χ4n) is 4.03. The van der Waals surface area contributed by atoms with Gasteiger partial charge in [-0.15, -0.1) is 11.8 Å². The molecule has 3 aliphatic rings. The Hall–Kier alpha value is -4.27. The Labute approximate surface area is 214 Å². The number of benzene rings is 1. The van der Waals surface area contributed by atoms with Crippen LogP contribution in [0.1, 0.15) is 18.5 Å². The second-order valence-corrected chi connectivity index (χ2v) is 9.35. The lowest BCUT2D eigenvalue weighted by Gasteiger charge is -2.49. The number of nitrogens with zero attached hydrogens (tertiary/aromatic N) is 2. The number of carbonyl (C=O) groups is 6. The van der Waals surface area contributed by atoms with Crippen molar-refractivity contribution in [3.8, 4) is 0 Å². The van der Waals surface area contributed by atoms with Gasteiger partial charge in [0.2, 0.25) is 5.91 Å². The van der Waals surface area contributed by atoms with Gasteiger partial charge in [-0.1, -0.05) is 30.3 Å². The van der Waals surface area contributed by atoms with Crippen molar-refractivity contribution >= 4 is 47.6 Å². The van der Waals surface area contributed by atoms with Crippen LogP contribution in [0, 0.1) is 0 Å². The lowest BCUT2D eigenvalue weighted by molar-refractivity contribution is -0.151. The summed E-state index contributed by atoms with van der Waals surface area (Å²) in [6, 6.07) is 4.76. The van der Waals surface area contributed by atoms with Gasteiger partial charge in [0.05, 0.1) is 6.54 Å². The van der Waals surface area contributed by atoms with Crippen molar-refractivity contribution in [2.75, 3.05) is 25.4 Å². The lowest BCUT2D eigenvalue weighted by atomic mass is 10.0. The van der Waals surface area contributed by atoms with E-state index < -0.39 is 53.3 Å². The smallest absolute Gasteiger partial charge is 0.352 e. The molecule has 3 aliphatic heterocycles. The Morgan fingerprint density at radius 2 is 1.95 bits per heavy atom. The number of carbonyl (C=O) groups excluding carboxylic acids is 5. The Morgan fingerprint density at radius 1 is 1.22 bits per heavy atom. The molecule has 5 N–H and O–H groups in total. The van der Waals surface area contributed by atoms with E-state index in [2.05, 4.69) is 21.4 Å². The predicted octanol–water partition coefficient (Wildman–Crippen LogP) is -0.731. The van der Waals surface area contributed by atoms with Crippen LogP contribution in [0.5, 0.6) is 0 Å². The van der Waals surface area contributed by atoms with Gasteiger partial charge >= 0.3 is 24.0 Å². The average Bonchev–Trinajstić information content (AvgIpc) is 3.27. The molecule has 14 nitrogen and oxygen atoms in total. The summed E-state index contributed by atoms with van der Waals surface area (Å²) >= 11 is 1.22. The molecule has 0 saturated carbocycles. The summed E-state index contributed by atoms with van der Waals surface area (Å²) in [7, 11) is 0. The molecular weight excluding hydrogens is 508 g/mol. The maximum atomic E-state index is 13.2. The number of hydrogen-bond acceptors (Lipinski definition) is 8. The summed E-state index contributed by atoms with van der Waals surface area (Å²) in [6.07, 6.45) is 0. The molecule has 0 radical (unpaired) electrons. The number of ether oxygens (including phenoxy) is 1. The summed E-state index contributed by atoms with van der Waals surface area (Å²) in [5.74, 6) is -3.10. The van der Waals surface area contributed by atoms with Crippen LogP contribution in [-0.2, 0) is 23.9 Å². The van der Waals surface area contributed by atoms with Crippen LogP contribution in [-0.4, -0.2) is 87.7 Å². The Balaban J connectivity index is 1.47. The zero-order valence-electron chi connectivity index (χ0n) is 19.6. The lowest BCUT2D eigenvalue weighted by Crippen LogP contribution is -2.71. The molecule has 37 heavy (non-hydrogen) atoms. The number of hydrazine groups is 1. The molecule has 0 aromatic heterocycles. The summed E-state index contributed by atoms with van der Waals surface area (Å²) in [5, 5.41) is 17.7. The number of fused-ring (bicyclic) bond motifs is 1. The van der Waals surface area contributed by atoms with Gasteiger partial charge in [0.1, 0.15) is 29.8 Å². The normalized spacial score (nSPS) is 21.3. The molecule has 2 saturated heterocycles. The van der Waals surface area contributed by atoms with Crippen molar-refractivity contribution in [2.24, 2.45) is 0 Å². The van der Waals surface area contributed by atoms with E-state index in [1.807, 2.05) is 0 Å². The molecular formula is C22H24N6O8S. The van der Waals surface area contributed by atoms with Crippen molar-refractivity contribution in [3.05, 3.63) is 47.2 Å². The first-order valence-electron chi connectivity index (χ1n) is 11.2. The third-order valence-corrected chi connectivity index (χ3v) is 7.10. The minimum Gasteiger partial charge on any atom is -0.477 e. The number of nitrogens with one attached hydrogen (secondary N) is 4. The molecule has 0 spiro atoms. The number of urea groups is 2. The number of amides is 6. The fourth-order valence-corrected chi connectivity index (χ4v) is 5.36. The molecule has 196 valence electrons. The van der Waals surface area contributed by atoms with Gasteiger partial charge in [0.15, 0.2) is 0 Å². The van der Waals surface area contributed by atoms with Gasteiger partial charge in [0, 0.05) is 24.8 Å². The first kappa shape index (κ1) is 25.8. The Morgan fingerprint density at radius 3 is 2.57 bits per heavy atom. The number of rotatable bonds is 8. The van der Waals surface area contributed by atoms with E-state index in [1.54, 1.807) is 30.3 Å². The van der Waals surface area contributed by atoms with Crippen molar-refractivity contribution < 1.29 is 38.6 Å². The quantitative estimate of drug-likeness (QED) is 0.212. The van der Waals surface area contributed by atoms with Gasteiger partial charge in [-0.3, -0.25) is 19.3 Å². The average molecular weight is 533 g/mol. The second kappa shape index (κ2) is 10.8. The minimum atomic E-state index is -1.35. The molecule has 1 aromatic carbocycles. The Kier molecular flexibility index (Phi) is 7.52. The molecule has 2 unspecified atom stereocenters. The summed E-state index contributed by atoms with van der Waals surface area (Å²) < 4.78 is 4.91. The largest absolute Gasteiger partial charge is 0.477 e. The van der Waals surface area contributed by atoms with E-state index in [0.717, 1.165) is 9.91 Å². The number of thioether (sulfide) groups is 1. The van der Waals surface area contributed by atoms with Gasteiger partial charge < -0.3 is 25.8 Å². The van der Waals surface area contributed by atoms with E-state index >= 15 is 0 Å². The van der Waals surface area contributed by atoms with Crippen molar-refractivity contribution in [1.82, 2.24) is 31.3 Å². The predicted molar refractivity (Wildman–Crippen MR) is 127 cm³/mol. The SMILES string of the molecule is CC(=O)OCC1=C(C(=O)O)N2C(=O)[C@H](NC(=O)C(NC(=O)NN3CCNC3=O)c3ccccc3)C2SC1. The molecule has 15 heteroatoms. The Bertz CT molecular complexity index is 1170. The standard InChI is InChI=1S/C22H24N6O8S/c1-11(29)36-9-13-10-37-19-15(18(31)28(19)16(13)20(32)33)24-17(30)14(12-5-3-2-4-6-12)25-21(34)26-27-8-7-23-22(27)35/h2-6,14-15,19H,7-10H2,1H3,(H,23,35)(H,24,30)(H,32,33)(H2,25,26,34)/t14?,15-,19?/m0/s1. The molecule has 1 aromatic rings. The van der Waals surface area contributed by atoms with Crippen molar-refractivity contribution in [2.45, 2.75) is 24.4 Å².